The molecule has 1 fully saturated rings. The molecule has 0 aromatic heterocycles. The van der Waals surface area contributed by atoms with Gasteiger partial charge in [0.15, 0.2) is 14.6 Å². The number of benzene rings is 1. The molecule has 0 aliphatic heterocycles. The summed E-state index contributed by atoms with van der Waals surface area (Å²) in [5, 5.41) is 20.2. The molecule has 2 N–H and O–H groups in total. The standard InChI is InChI=1S/C21H24F2O6S/c1-14-7-10-19(17(24)25,30(28,29)16-5-3-2-4-6-16)13-21(14,18(26)27)15-8-11-20(22,23)12-9-15/h2-7,15H,8-13H2,1H3,(H,24,25)(H,26,27). The topological polar surface area (TPSA) is 109 Å². The van der Waals surface area contributed by atoms with Crippen LogP contribution in [-0.4, -0.2) is 41.2 Å². The molecule has 2 aliphatic rings. The van der Waals surface area contributed by atoms with Crippen LogP contribution in [0, 0.1) is 11.3 Å². The number of hydrogen-bond donors (Lipinski definition) is 2. The number of hydrogen-bond acceptors (Lipinski definition) is 4. The summed E-state index contributed by atoms with van der Waals surface area (Å²) in [4.78, 5) is 24.7. The van der Waals surface area contributed by atoms with E-state index in [9.17, 15) is 37.0 Å². The van der Waals surface area contributed by atoms with Gasteiger partial charge in [-0.1, -0.05) is 29.8 Å². The van der Waals surface area contributed by atoms with Crippen LogP contribution in [0.25, 0.3) is 0 Å². The van der Waals surface area contributed by atoms with Crippen LogP contribution >= 0.6 is 0 Å². The van der Waals surface area contributed by atoms with Gasteiger partial charge in [-0.2, -0.15) is 0 Å². The Kier molecular flexibility index (Phi) is 5.56. The summed E-state index contributed by atoms with van der Waals surface area (Å²) < 4.78 is 51.9. The first kappa shape index (κ1) is 22.4. The molecule has 3 rings (SSSR count). The zero-order chi connectivity index (χ0) is 22.4. The lowest BCUT2D eigenvalue weighted by molar-refractivity contribution is -0.156. The molecule has 0 heterocycles. The number of sulfone groups is 1. The second-order valence-corrected chi connectivity index (χ2v) is 10.6. The number of allylic oxidation sites excluding steroid dienone is 1. The lowest BCUT2D eigenvalue weighted by Gasteiger charge is -2.48. The fourth-order valence-electron chi connectivity index (χ4n) is 4.89. The number of halogens is 2. The van der Waals surface area contributed by atoms with Gasteiger partial charge in [0.25, 0.3) is 0 Å². The third kappa shape index (κ3) is 3.33. The Hall–Kier alpha value is -2.29. The van der Waals surface area contributed by atoms with Gasteiger partial charge in [0.05, 0.1) is 10.3 Å². The van der Waals surface area contributed by atoms with Crippen molar-refractivity contribution in [3.63, 3.8) is 0 Å². The molecule has 1 aromatic carbocycles. The van der Waals surface area contributed by atoms with E-state index in [1.54, 1.807) is 6.07 Å². The number of carbonyl (C=O) groups is 2. The molecule has 0 saturated heterocycles. The highest BCUT2D eigenvalue weighted by atomic mass is 32.2. The van der Waals surface area contributed by atoms with Crippen molar-refractivity contribution >= 4 is 21.8 Å². The van der Waals surface area contributed by atoms with Crippen LogP contribution in [0.5, 0.6) is 0 Å². The van der Waals surface area contributed by atoms with E-state index in [0.29, 0.717) is 5.57 Å². The largest absolute Gasteiger partial charge is 0.481 e. The lowest BCUT2D eigenvalue weighted by Crippen LogP contribution is -2.57. The highest BCUT2D eigenvalue weighted by Crippen LogP contribution is 2.56. The predicted octanol–water partition coefficient (Wildman–Crippen LogP) is 3.92. The monoisotopic (exact) mass is 442 g/mol. The summed E-state index contributed by atoms with van der Waals surface area (Å²) in [5.74, 6) is -6.69. The van der Waals surface area contributed by atoms with Crippen LogP contribution in [0.2, 0.25) is 0 Å². The molecule has 6 nitrogen and oxygen atoms in total. The Bertz CT molecular complexity index is 978. The molecule has 164 valence electrons. The minimum atomic E-state index is -4.47. The average Bonchev–Trinajstić information content (AvgIpc) is 2.69. The predicted molar refractivity (Wildman–Crippen MR) is 104 cm³/mol. The van der Waals surface area contributed by atoms with Crippen molar-refractivity contribution in [2.45, 2.75) is 61.0 Å². The molecule has 9 heteroatoms. The van der Waals surface area contributed by atoms with Crippen molar-refractivity contribution < 1.29 is 37.0 Å². The van der Waals surface area contributed by atoms with E-state index < -0.39 is 63.0 Å². The van der Waals surface area contributed by atoms with E-state index in [4.69, 9.17) is 0 Å². The van der Waals surface area contributed by atoms with Crippen molar-refractivity contribution in [3.05, 3.63) is 42.0 Å². The molecule has 0 bridgehead atoms. The Morgan fingerprint density at radius 2 is 1.60 bits per heavy atom. The Balaban J connectivity index is 2.15. The second-order valence-electron chi connectivity index (χ2n) is 8.29. The molecule has 0 radical (unpaired) electrons. The minimum Gasteiger partial charge on any atom is -0.481 e. The van der Waals surface area contributed by atoms with Crippen LogP contribution in [0.1, 0.15) is 45.4 Å². The molecular formula is C21H24F2O6S. The van der Waals surface area contributed by atoms with E-state index in [1.165, 1.54) is 37.3 Å². The van der Waals surface area contributed by atoms with Gasteiger partial charge in [0, 0.05) is 12.8 Å². The molecule has 0 amide bonds. The third-order valence-electron chi connectivity index (χ3n) is 6.76. The van der Waals surface area contributed by atoms with Gasteiger partial charge in [-0.3, -0.25) is 9.59 Å². The lowest BCUT2D eigenvalue weighted by atomic mass is 9.58. The summed E-state index contributed by atoms with van der Waals surface area (Å²) >= 11 is 0. The highest BCUT2D eigenvalue weighted by molar-refractivity contribution is 7.93. The maximum Gasteiger partial charge on any atom is 0.325 e. The molecule has 2 unspecified atom stereocenters. The number of aliphatic carboxylic acids is 2. The summed E-state index contributed by atoms with van der Waals surface area (Å²) in [6, 6.07) is 7.05. The van der Waals surface area contributed by atoms with Crippen molar-refractivity contribution in [2.24, 2.45) is 11.3 Å². The zero-order valence-electron chi connectivity index (χ0n) is 16.5. The van der Waals surface area contributed by atoms with Crippen LogP contribution in [0.3, 0.4) is 0 Å². The normalized spacial score (nSPS) is 29.8. The van der Waals surface area contributed by atoms with Gasteiger partial charge >= 0.3 is 11.9 Å². The van der Waals surface area contributed by atoms with Gasteiger partial charge in [-0.05, 0) is 50.7 Å². The van der Waals surface area contributed by atoms with E-state index in [-0.39, 0.29) is 24.2 Å². The van der Waals surface area contributed by atoms with E-state index in [2.05, 4.69) is 0 Å². The number of carboxylic acid groups (broad SMARTS) is 2. The molecule has 0 spiro atoms. The van der Waals surface area contributed by atoms with Crippen molar-refractivity contribution in [3.8, 4) is 0 Å². The number of alkyl halides is 2. The van der Waals surface area contributed by atoms with Crippen molar-refractivity contribution in [2.75, 3.05) is 0 Å². The first-order chi connectivity index (χ1) is 13.9. The molecule has 2 atom stereocenters. The molecular weight excluding hydrogens is 418 g/mol. The van der Waals surface area contributed by atoms with E-state index in [1.807, 2.05) is 0 Å². The number of rotatable bonds is 5. The zero-order valence-corrected chi connectivity index (χ0v) is 17.3. The molecule has 30 heavy (non-hydrogen) atoms. The maximum atomic E-state index is 13.7. The van der Waals surface area contributed by atoms with Gasteiger partial charge in [0.1, 0.15) is 0 Å². The first-order valence-electron chi connectivity index (χ1n) is 9.71. The third-order valence-corrected chi connectivity index (χ3v) is 9.17. The fourth-order valence-corrected chi connectivity index (χ4v) is 6.81. The first-order valence-corrected chi connectivity index (χ1v) is 11.2. The van der Waals surface area contributed by atoms with Crippen LogP contribution in [0.15, 0.2) is 46.9 Å². The maximum absolute atomic E-state index is 13.7. The van der Waals surface area contributed by atoms with Gasteiger partial charge in [0.2, 0.25) is 5.92 Å². The van der Waals surface area contributed by atoms with Gasteiger partial charge < -0.3 is 10.2 Å². The Morgan fingerprint density at radius 1 is 1.03 bits per heavy atom. The summed E-state index contributed by atoms with van der Waals surface area (Å²) in [5.41, 5.74) is -1.51. The molecule has 1 aromatic rings. The SMILES string of the molecule is CC1=CCC(C(=O)O)(S(=O)(=O)c2ccccc2)CC1(C(=O)O)C1CCC(F)(F)CC1. The van der Waals surface area contributed by atoms with Gasteiger partial charge in [-0.15, -0.1) is 0 Å². The Morgan fingerprint density at radius 3 is 2.10 bits per heavy atom. The molecule has 1 saturated carbocycles. The van der Waals surface area contributed by atoms with Crippen LogP contribution in [-0.2, 0) is 19.4 Å². The summed E-state index contributed by atoms with van der Waals surface area (Å²) in [6.45, 7) is 1.52. The van der Waals surface area contributed by atoms with E-state index >= 15 is 0 Å². The van der Waals surface area contributed by atoms with Crippen LogP contribution in [0.4, 0.5) is 8.78 Å². The van der Waals surface area contributed by atoms with E-state index in [0.717, 1.165) is 0 Å². The average molecular weight is 442 g/mol. The van der Waals surface area contributed by atoms with Crippen molar-refractivity contribution in [1.82, 2.24) is 0 Å². The van der Waals surface area contributed by atoms with Crippen molar-refractivity contribution in [1.29, 1.82) is 0 Å². The quantitative estimate of drug-likeness (QED) is 0.669. The molecule has 2 aliphatic carbocycles. The number of carboxylic acids is 2. The smallest absolute Gasteiger partial charge is 0.325 e. The van der Waals surface area contributed by atoms with Gasteiger partial charge in [-0.25, -0.2) is 17.2 Å². The highest BCUT2D eigenvalue weighted by Gasteiger charge is 2.63. The minimum absolute atomic E-state index is 0.119. The Labute approximate surface area is 173 Å². The summed E-state index contributed by atoms with van der Waals surface area (Å²) in [7, 11) is -4.47. The van der Waals surface area contributed by atoms with Crippen LogP contribution < -0.4 is 0 Å². The fraction of sp³-hybridized carbons (Fsp3) is 0.524. The summed E-state index contributed by atoms with van der Waals surface area (Å²) in [6.07, 6.45) is -0.989. The second kappa shape index (κ2) is 7.44.